The standard InChI is InChI=1S/C32H29BrN2O6S/c1-4-39-26-13-11-21(16-27(26)40-5-2)29-24(31(37)38-3)18-34-32-35(29)30(36)28(42-32)17-22-15-23(33)12-14-25(22)41-19-20-9-7-6-8-10-20/h6-18,29H,4-5,19H2,1-3H3/b28-17-/t29-/m1/s1. The maximum atomic E-state index is 14.0. The molecule has 0 radical (unpaired) electrons. The molecule has 216 valence electrons. The quantitative estimate of drug-likeness (QED) is 0.221. The molecule has 2 heterocycles. The molecule has 0 saturated carbocycles. The summed E-state index contributed by atoms with van der Waals surface area (Å²) < 4.78 is 25.6. The molecule has 42 heavy (non-hydrogen) atoms. The van der Waals surface area contributed by atoms with Crippen molar-refractivity contribution in [3.8, 4) is 17.2 Å². The van der Waals surface area contributed by atoms with E-state index in [0.717, 1.165) is 15.6 Å². The fourth-order valence-electron chi connectivity index (χ4n) is 4.63. The molecule has 1 aliphatic rings. The Morgan fingerprint density at radius 1 is 0.976 bits per heavy atom. The number of halogens is 1. The van der Waals surface area contributed by atoms with Gasteiger partial charge < -0.3 is 18.9 Å². The molecule has 0 N–H and O–H groups in total. The summed E-state index contributed by atoms with van der Waals surface area (Å²) in [6.07, 6.45) is 3.26. The highest BCUT2D eigenvalue weighted by Crippen LogP contribution is 2.35. The van der Waals surface area contributed by atoms with Gasteiger partial charge in [0, 0.05) is 16.2 Å². The number of benzene rings is 3. The van der Waals surface area contributed by atoms with E-state index in [1.807, 2.05) is 68.4 Å². The fourth-order valence-corrected chi connectivity index (χ4v) is 5.97. The molecule has 4 aromatic rings. The summed E-state index contributed by atoms with van der Waals surface area (Å²) in [5.41, 5.74) is 2.36. The number of hydrogen-bond acceptors (Lipinski definition) is 8. The molecule has 0 fully saturated rings. The van der Waals surface area contributed by atoms with Gasteiger partial charge in [-0.3, -0.25) is 9.36 Å². The molecule has 0 unspecified atom stereocenters. The van der Waals surface area contributed by atoms with Crippen LogP contribution in [0.4, 0.5) is 0 Å². The summed E-state index contributed by atoms with van der Waals surface area (Å²) >= 11 is 4.77. The first-order valence-electron chi connectivity index (χ1n) is 13.4. The van der Waals surface area contributed by atoms with Crippen LogP contribution in [0.1, 0.15) is 36.6 Å². The first-order chi connectivity index (χ1) is 20.4. The molecule has 0 bridgehead atoms. The first kappa shape index (κ1) is 29.3. The van der Waals surface area contributed by atoms with Gasteiger partial charge in [0.1, 0.15) is 12.4 Å². The van der Waals surface area contributed by atoms with Crippen LogP contribution in [0.5, 0.6) is 17.2 Å². The van der Waals surface area contributed by atoms with Gasteiger partial charge >= 0.3 is 5.97 Å². The smallest absolute Gasteiger partial charge is 0.337 e. The molecule has 0 saturated heterocycles. The van der Waals surface area contributed by atoms with Gasteiger partial charge in [-0.15, -0.1) is 0 Å². The Morgan fingerprint density at radius 2 is 1.71 bits per heavy atom. The van der Waals surface area contributed by atoms with E-state index < -0.39 is 12.0 Å². The van der Waals surface area contributed by atoms with Crippen LogP contribution in [-0.4, -0.2) is 30.9 Å². The summed E-state index contributed by atoms with van der Waals surface area (Å²) in [5, 5.41) is 0. The predicted octanol–water partition coefficient (Wildman–Crippen LogP) is 5.16. The molecule has 1 aliphatic heterocycles. The van der Waals surface area contributed by atoms with Crippen LogP contribution in [0.3, 0.4) is 0 Å². The Morgan fingerprint density at radius 3 is 2.45 bits per heavy atom. The first-order valence-corrected chi connectivity index (χ1v) is 15.0. The van der Waals surface area contributed by atoms with E-state index >= 15 is 0 Å². The highest BCUT2D eigenvalue weighted by atomic mass is 79.9. The van der Waals surface area contributed by atoms with Crippen molar-refractivity contribution in [3.05, 3.63) is 119 Å². The minimum Gasteiger partial charge on any atom is -0.490 e. The third-order valence-electron chi connectivity index (χ3n) is 6.50. The van der Waals surface area contributed by atoms with Gasteiger partial charge in [-0.05, 0) is 61.4 Å². The number of carbonyl (C=O) groups is 1. The topological polar surface area (TPSA) is 88.4 Å². The lowest BCUT2D eigenvalue weighted by Gasteiger charge is -2.23. The maximum absolute atomic E-state index is 14.0. The normalized spacial score (nSPS) is 14.4. The number of aromatic nitrogens is 1. The maximum Gasteiger partial charge on any atom is 0.337 e. The van der Waals surface area contributed by atoms with Crippen molar-refractivity contribution in [1.82, 2.24) is 4.57 Å². The third kappa shape index (κ3) is 6.19. The SMILES string of the molecule is CCOc1ccc([C@@H]2C(C(=O)OC)=CN=c3s/c(=C\c4cc(Br)ccc4OCc4ccccc4)c(=O)n32)cc1OCC. The van der Waals surface area contributed by atoms with Crippen LogP contribution in [0.2, 0.25) is 0 Å². The van der Waals surface area contributed by atoms with Crippen LogP contribution in [0.25, 0.3) is 6.08 Å². The van der Waals surface area contributed by atoms with E-state index in [4.69, 9.17) is 18.9 Å². The number of rotatable bonds is 10. The second-order valence-electron chi connectivity index (χ2n) is 9.20. The Kier molecular flexibility index (Phi) is 9.24. The number of thiazole rings is 1. The van der Waals surface area contributed by atoms with Crippen molar-refractivity contribution >= 4 is 39.3 Å². The Labute approximate surface area is 255 Å². The lowest BCUT2D eigenvalue weighted by Crippen LogP contribution is -2.39. The van der Waals surface area contributed by atoms with E-state index in [-0.39, 0.29) is 11.1 Å². The Balaban J connectivity index is 1.61. The number of fused-ring (bicyclic) bond motifs is 1. The number of ether oxygens (including phenoxy) is 4. The minimum absolute atomic E-state index is 0.234. The molecule has 0 spiro atoms. The van der Waals surface area contributed by atoms with Crippen molar-refractivity contribution in [1.29, 1.82) is 0 Å². The number of hydrogen-bond donors (Lipinski definition) is 0. The highest BCUT2D eigenvalue weighted by Gasteiger charge is 2.31. The fraction of sp³-hybridized carbons (Fsp3) is 0.219. The lowest BCUT2D eigenvalue weighted by molar-refractivity contribution is -0.136. The Hall–Kier alpha value is -4.15. The largest absolute Gasteiger partial charge is 0.490 e. The molecular weight excluding hydrogens is 620 g/mol. The molecule has 3 aromatic carbocycles. The van der Waals surface area contributed by atoms with Gasteiger partial charge in [0.15, 0.2) is 16.3 Å². The van der Waals surface area contributed by atoms with Gasteiger partial charge in [0.05, 0.1) is 36.5 Å². The van der Waals surface area contributed by atoms with E-state index in [1.54, 1.807) is 18.2 Å². The molecule has 0 amide bonds. The van der Waals surface area contributed by atoms with Crippen molar-refractivity contribution in [2.24, 2.45) is 4.99 Å². The number of nitrogens with zero attached hydrogens (tertiary/aromatic N) is 2. The van der Waals surface area contributed by atoms with Gasteiger partial charge in [-0.2, -0.15) is 0 Å². The van der Waals surface area contributed by atoms with Crippen molar-refractivity contribution < 1.29 is 23.7 Å². The summed E-state index contributed by atoms with van der Waals surface area (Å²) in [7, 11) is 1.30. The van der Waals surface area contributed by atoms with E-state index in [1.165, 1.54) is 29.2 Å². The van der Waals surface area contributed by atoms with E-state index in [0.29, 0.717) is 52.0 Å². The minimum atomic E-state index is -0.776. The predicted molar refractivity (Wildman–Crippen MR) is 165 cm³/mol. The van der Waals surface area contributed by atoms with Gasteiger partial charge in [0.25, 0.3) is 5.56 Å². The monoisotopic (exact) mass is 648 g/mol. The average molecular weight is 650 g/mol. The zero-order valence-corrected chi connectivity index (χ0v) is 25.7. The van der Waals surface area contributed by atoms with Crippen LogP contribution in [0.15, 0.2) is 92.8 Å². The summed E-state index contributed by atoms with van der Waals surface area (Å²) in [4.78, 5) is 31.8. The molecule has 1 aromatic heterocycles. The number of methoxy groups -OCH3 is 1. The van der Waals surface area contributed by atoms with Crippen molar-refractivity contribution in [2.75, 3.05) is 20.3 Å². The molecule has 5 rings (SSSR count). The van der Waals surface area contributed by atoms with E-state index in [9.17, 15) is 9.59 Å². The van der Waals surface area contributed by atoms with Crippen molar-refractivity contribution in [3.63, 3.8) is 0 Å². The van der Waals surface area contributed by atoms with E-state index in [2.05, 4.69) is 20.9 Å². The van der Waals surface area contributed by atoms with Gasteiger partial charge in [0.2, 0.25) is 0 Å². The molecule has 8 nitrogen and oxygen atoms in total. The lowest BCUT2D eigenvalue weighted by atomic mass is 9.97. The zero-order chi connectivity index (χ0) is 29.6. The number of carbonyl (C=O) groups excluding carboxylic acids is 1. The second-order valence-corrected chi connectivity index (χ2v) is 11.1. The summed E-state index contributed by atoms with van der Waals surface area (Å²) in [6.45, 7) is 5.04. The highest BCUT2D eigenvalue weighted by molar-refractivity contribution is 9.10. The molecule has 0 aliphatic carbocycles. The molecule has 1 atom stereocenters. The summed E-state index contributed by atoms with van der Waals surface area (Å²) in [5.74, 6) is 1.16. The zero-order valence-electron chi connectivity index (χ0n) is 23.3. The second kappa shape index (κ2) is 13.2. The Bertz CT molecular complexity index is 1810. The van der Waals surface area contributed by atoms with Gasteiger partial charge in [-0.25, -0.2) is 9.79 Å². The van der Waals surface area contributed by atoms with Crippen LogP contribution >= 0.6 is 27.3 Å². The average Bonchev–Trinajstić information content (AvgIpc) is 3.32. The number of esters is 1. The summed E-state index contributed by atoms with van der Waals surface area (Å²) in [6, 6.07) is 20.1. The van der Waals surface area contributed by atoms with Crippen LogP contribution < -0.4 is 29.1 Å². The van der Waals surface area contributed by atoms with Crippen LogP contribution in [0, 0.1) is 0 Å². The van der Waals surface area contributed by atoms with Gasteiger partial charge in [-0.1, -0.05) is 63.7 Å². The third-order valence-corrected chi connectivity index (χ3v) is 7.99. The molecular formula is C32H29BrN2O6S. The molecule has 10 heteroatoms. The van der Waals surface area contributed by atoms with Crippen LogP contribution in [-0.2, 0) is 16.1 Å². The van der Waals surface area contributed by atoms with Crippen molar-refractivity contribution in [2.45, 2.75) is 26.5 Å².